The van der Waals surface area contributed by atoms with Gasteiger partial charge in [-0.1, -0.05) is 0 Å². The van der Waals surface area contributed by atoms with Crippen molar-refractivity contribution in [3.63, 3.8) is 0 Å². The summed E-state index contributed by atoms with van der Waals surface area (Å²) < 4.78 is 2.23. The van der Waals surface area contributed by atoms with Crippen LogP contribution in [0.15, 0.2) is 43.0 Å². The van der Waals surface area contributed by atoms with E-state index < -0.39 is 0 Å². The summed E-state index contributed by atoms with van der Waals surface area (Å²) in [6, 6.07) is 5.55. The maximum atomic E-state index is 13.1. The molecule has 1 amide bonds. The minimum absolute atomic E-state index is 0.0589. The van der Waals surface area contributed by atoms with Crippen LogP contribution >= 0.6 is 0 Å². The van der Waals surface area contributed by atoms with Crippen LogP contribution in [0.4, 0.5) is 0 Å². The van der Waals surface area contributed by atoms with Gasteiger partial charge in [-0.05, 0) is 45.1 Å². The van der Waals surface area contributed by atoms with E-state index in [4.69, 9.17) is 0 Å². The monoisotopic (exact) mass is 378 g/mol. The number of amides is 1. The lowest BCUT2D eigenvalue weighted by molar-refractivity contribution is 0.0703. The molecule has 0 saturated carbocycles. The zero-order chi connectivity index (χ0) is 19.5. The van der Waals surface area contributed by atoms with E-state index in [0.29, 0.717) is 12.1 Å². The summed E-state index contributed by atoms with van der Waals surface area (Å²) in [4.78, 5) is 30.4. The number of hydrogen-bond donors (Lipinski definition) is 0. The van der Waals surface area contributed by atoms with Gasteiger partial charge in [0, 0.05) is 62.4 Å². The first-order valence-electron chi connectivity index (χ1n) is 9.77. The van der Waals surface area contributed by atoms with Gasteiger partial charge in [0.05, 0.1) is 11.0 Å². The molecule has 1 aliphatic heterocycles. The van der Waals surface area contributed by atoms with Gasteiger partial charge in [-0.15, -0.1) is 0 Å². The fourth-order valence-electron chi connectivity index (χ4n) is 3.83. The summed E-state index contributed by atoms with van der Waals surface area (Å²) >= 11 is 0. The molecule has 0 aliphatic carbocycles. The molecule has 3 aromatic rings. The summed E-state index contributed by atoms with van der Waals surface area (Å²) in [6.07, 6.45) is 9.28. The summed E-state index contributed by atoms with van der Waals surface area (Å²) in [7, 11) is 4.15. The molecular formula is C21H26N6O. The lowest BCUT2D eigenvalue weighted by atomic mass is 9.96. The van der Waals surface area contributed by atoms with Crippen molar-refractivity contribution in [2.24, 2.45) is 0 Å². The number of aromatic nitrogens is 4. The van der Waals surface area contributed by atoms with Gasteiger partial charge in [0.1, 0.15) is 5.82 Å². The maximum Gasteiger partial charge on any atom is 0.253 e. The normalized spacial score (nSPS) is 17.4. The molecular weight excluding hydrogens is 352 g/mol. The second-order valence-corrected chi connectivity index (χ2v) is 7.63. The van der Waals surface area contributed by atoms with E-state index in [1.807, 2.05) is 35.5 Å². The van der Waals surface area contributed by atoms with Crippen LogP contribution in [0.3, 0.4) is 0 Å². The van der Waals surface area contributed by atoms with Gasteiger partial charge in [0.25, 0.3) is 5.91 Å². The fourth-order valence-corrected chi connectivity index (χ4v) is 3.83. The van der Waals surface area contributed by atoms with E-state index in [0.717, 1.165) is 49.3 Å². The SMILES string of the molecule is CN(C)CCn1ccnc1[C@@H]1CCCN(C(=O)c2ccc3nccnc3c2)C1. The molecule has 0 radical (unpaired) electrons. The maximum absolute atomic E-state index is 13.1. The summed E-state index contributed by atoms with van der Waals surface area (Å²) in [5.74, 6) is 1.42. The topological polar surface area (TPSA) is 67.2 Å². The van der Waals surface area contributed by atoms with Gasteiger partial charge >= 0.3 is 0 Å². The largest absolute Gasteiger partial charge is 0.338 e. The number of nitrogens with zero attached hydrogens (tertiary/aromatic N) is 6. The smallest absolute Gasteiger partial charge is 0.253 e. The van der Waals surface area contributed by atoms with Gasteiger partial charge < -0.3 is 14.4 Å². The van der Waals surface area contributed by atoms with Crippen LogP contribution in [-0.2, 0) is 6.54 Å². The molecule has 0 bridgehead atoms. The molecule has 4 rings (SSSR count). The van der Waals surface area contributed by atoms with Crippen LogP contribution < -0.4 is 0 Å². The number of rotatable bonds is 5. The van der Waals surface area contributed by atoms with Crippen molar-refractivity contribution < 1.29 is 4.79 Å². The number of likely N-dealkylation sites (tertiary alicyclic amines) is 1. The molecule has 7 heteroatoms. The quantitative estimate of drug-likeness (QED) is 0.682. The van der Waals surface area contributed by atoms with Crippen molar-refractivity contribution in [3.05, 3.63) is 54.4 Å². The lowest BCUT2D eigenvalue weighted by Gasteiger charge is -2.33. The average molecular weight is 378 g/mol. The number of fused-ring (bicyclic) bond motifs is 1. The Labute approximate surface area is 165 Å². The summed E-state index contributed by atoms with van der Waals surface area (Å²) in [5.41, 5.74) is 2.23. The van der Waals surface area contributed by atoms with E-state index in [1.54, 1.807) is 12.4 Å². The van der Waals surface area contributed by atoms with Crippen LogP contribution in [0.1, 0.15) is 34.9 Å². The van der Waals surface area contributed by atoms with Crippen molar-refractivity contribution in [1.82, 2.24) is 29.3 Å². The predicted octanol–water partition coefficient (Wildman–Crippen LogP) is 2.41. The molecule has 2 aromatic heterocycles. The number of likely N-dealkylation sites (N-methyl/N-ethyl adjacent to an activating group) is 1. The molecule has 1 aromatic carbocycles. The Kier molecular flexibility index (Phi) is 5.34. The first-order chi connectivity index (χ1) is 13.6. The van der Waals surface area contributed by atoms with E-state index in [2.05, 4.69) is 38.5 Å². The van der Waals surface area contributed by atoms with Crippen LogP contribution in [0.2, 0.25) is 0 Å². The Morgan fingerprint density at radius 3 is 2.79 bits per heavy atom. The summed E-state index contributed by atoms with van der Waals surface area (Å²) in [6.45, 7) is 3.37. The van der Waals surface area contributed by atoms with Gasteiger partial charge in [-0.3, -0.25) is 14.8 Å². The summed E-state index contributed by atoms with van der Waals surface area (Å²) in [5, 5.41) is 0. The van der Waals surface area contributed by atoms with Gasteiger partial charge in [-0.25, -0.2) is 4.98 Å². The Hall–Kier alpha value is -2.80. The van der Waals surface area contributed by atoms with Crippen molar-refractivity contribution >= 4 is 16.9 Å². The fraction of sp³-hybridized carbons (Fsp3) is 0.429. The molecule has 1 aliphatic rings. The second kappa shape index (κ2) is 8.06. The molecule has 0 unspecified atom stereocenters. The molecule has 1 atom stereocenters. The lowest BCUT2D eigenvalue weighted by Crippen LogP contribution is -2.40. The number of piperidine rings is 1. The third-order valence-corrected chi connectivity index (χ3v) is 5.33. The number of benzene rings is 1. The number of carbonyl (C=O) groups is 1. The van der Waals surface area contributed by atoms with Gasteiger partial charge in [-0.2, -0.15) is 0 Å². The molecule has 1 fully saturated rings. The highest BCUT2D eigenvalue weighted by molar-refractivity contribution is 5.97. The first kappa shape index (κ1) is 18.6. The van der Waals surface area contributed by atoms with Crippen molar-refractivity contribution in [2.75, 3.05) is 33.7 Å². The second-order valence-electron chi connectivity index (χ2n) is 7.63. The Morgan fingerprint density at radius 2 is 1.96 bits per heavy atom. The van der Waals surface area contributed by atoms with E-state index >= 15 is 0 Å². The average Bonchev–Trinajstić information content (AvgIpc) is 3.20. The minimum Gasteiger partial charge on any atom is -0.338 e. The highest BCUT2D eigenvalue weighted by atomic mass is 16.2. The number of hydrogen-bond acceptors (Lipinski definition) is 5. The first-order valence-corrected chi connectivity index (χ1v) is 9.77. The molecule has 7 nitrogen and oxygen atoms in total. The zero-order valence-electron chi connectivity index (χ0n) is 16.5. The number of carbonyl (C=O) groups excluding carboxylic acids is 1. The Balaban J connectivity index is 1.50. The molecule has 1 saturated heterocycles. The van der Waals surface area contributed by atoms with Crippen LogP contribution in [0.5, 0.6) is 0 Å². The van der Waals surface area contributed by atoms with E-state index in [-0.39, 0.29) is 11.8 Å². The third kappa shape index (κ3) is 3.89. The molecule has 0 N–H and O–H groups in total. The predicted molar refractivity (Wildman–Crippen MR) is 108 cm³/mol. The molecule has 146 valence electrons. The zero-order valence-corrected chi connectivity index (χ0v) is 16.5. The standard InChI is InChI=1S/C21H26N6O/c1-25(2)12-13-26-11-9-24-20(26)17-4-3-10-27(15-17)21(28)16-5-6-18-19(14-16)23-8-7-22-18/h5-9,11,14,17H,3-4,10,12-13,15H2,1-2H3/t17-/m1/s1. The van der Waals surface area contributed by atoms with Crippen molar-refractivity contribution in [3.8, 4) is 0 Å². The number of imidazole rings is 1. The van der Waals surface area contributed by atoms with E-state index in [1.165, 1.54) is 0 Å². The van der Waals surface area contributed by atoms with Crippen molar-refractivity contribution in [2.45, 2.75) is 25.3 Å². The highest BCUT2D eigenvalue weighted by Gasteiger charge is 2.28. The van der Waals surface area contributed by atoms with Crippen LogP contribution in [0.25, 0.3) is 11.0 Å². The minimum atomic E-state index is 0.0589. The molecule has 28 heavy (non-hydrogen) atoms. The highest BCUT2D eigenvalue weighted by Crippen LogP contribution is 2.27. The van der Waals surface area contributed by atoms with Crippen LogP contribution in [0, 0.1) is 0 Å². The van der Waals surface area contributed by atoms with Crippen LogP contribution in [-0.4, -0.2) is 69.0 Å². The van der Waals surface area contributed by atoms with Gasteiger partial charge in [0.15, 0.2) is 0 Å². The third-order valence-electron chi connectivity index (χ3n) is 5.33. The Bertz CT molecular complexity index is 966. The van der Waals surface area contributed by atoms with Crippen molar-refractivity contribution in [1.29, 1.82) is 0 Å². The van der Waals surface area contributed by atoms with Gasteiger partial charge in [0.2, 0.25) is 0 Å². The van der Waals surface area contributed by atoms with E-state index in [9.17, 15) is 4.79 Å². The molecule has 3 heterocycles. The Morgan fingerprint density at radius 1 is 1.14 bits per heavy atom. The molecule has 0 spiro atoms.